The Morgan fingerprint density at radius 2 is 2.11 bits per heavy atom. The van der Waals surface area contributed by atoms with Gasteiger partial charge in [-0.05, 0) is 42.9 Å². The molecule has 0 heterocycles. The summed E-state index contributed by atoms with van der Waals surface area (Å²) in [6.07, 6.45) is 9.23. The molecule has 0 aliphatic heterocycles. The first-order valence-electron chi connectivity index (χ1n) is 6.98. The molecule has 1 unspecified atom stereocenters. The molecule has 2 rings (SSSR count). The number of benzene rings is 1. The molecule has 0 radical (unpaired) electrons. The average Bonchev–Trinajstić information content (AvgIpc) is 2.87. The zero-order valence-corrected chi connectivity index (χ0v) is 12.5. The highest BCUT2D eigenvalue weighted by Crippen LogP contribution is 2.29. The number of hydrogen-bond donors (Lipinski definition) is 2. The van der Waals surface area contributed by atoms with Crippen molar-refractivity contribution in [1.82, 2.24) is 5.43 Å². The molecule has 1 aliphatic carbocycles. The SMILES string of the molecule is NNC(CCC1CCCC1)Cc1cccc(Br)c1. The van der Waals surface area contributed by atoms with Crippen LogP contribution in [0.3, 0.4) is 0 Å². The third kappa shape index (κ3) is 4.38. The lowest BCUT2D eigenvalue weighted by Crippen LogP contribution is -2.37. The first-order chi connectivity index (χ1) is 8.78. The van der Waals surface area contributed by atoms with Crippen molar-refractivity contribution < 1.29 is 0 Å². The fourth-order valence-electron chi connectivity index (χ4n) is 2.93. The van der Waals surface area contributed by atoms with E-state index in [0.717, 1.165) is 16.8 Å². The van der Waals surface area contributed by atoms with Gasteiger partial charge in [0, 0.05) is 10.5 Å². The van der Waals surface area contributed by atoms with Crippen molar-refractivity contribution in [2.75, 3.05) is 0 Å². The van der Waals surface area contributed by atoms with E-state index in [-0.39, 0.29) is 0 Å². The van der Waals surface area contributed by atoms with Gasteiger partial charge < -0.3 is 0 Å². The van der Waals surface area contributed by atoms with Crippen LogP contribution in [0.4, 0.5) is 0 Å². The summed E-state index contributed by atoms with van der Waals surface area (Å²) >= 11 is 3.52. The van der Waals surface area contributed by atoms with Gasteiger partial charge in [0.2, 0.25) is 0 Å². The van der Waals surface area contributed by atoms with Crippen LogP contribution >= 0.6 is 15.9 Å². The number of rotatable bonds is 6. The lowest BCUT2D eigenvalue weighted by Gasteiger charge is -2.18. The Morgan fingerprint density at radius 3 is 2.78 bits per heavy atom. The number of nitrogens with one attached hydrogen (secondary N) is 1. The largest absolute Gasteiger partial charge is 0.271 e. The van der Waals surface area contributed by atoms with Crippen LogP contribution in [0.25, 0.3) is 0 Å². The van der Waals surface area contributed by atoms with Gasteiger partial charge in [-0.25, -0.2) is 0 Å². The zero-order valence-electron chi connectivity index (χ0n) is 10.9. The molecule has 1 aromatic carbocycles. The summed E-state index contributed by atoms with van der Waals surface area (Å²) in [5, 5.41) is 0. The van der Waals surface area contributed by atoms with E-state index in [4.69, 9.17) is 5.84 Å². The third-order valence-electron chi connectivity index (χ3n) is 4.00. The topological polar surface area (TPSA) is 38.0 Å². The van der Waals surface area contributed by atoms with Crippen molar-refractivity contribution in [3.05, 3.63) is 34.3 Å². The van der Waals surface area contributed by atoms with Crippen LogP contribution < -0.4 is 11.3 Å². The second-order valence-electron chi connectivity index (χ2n) is 5.43. The van der Waals surface area contributed by atoms with E-state index in [1.165, 1.54) is 44.1 Å². The molecule has 0 bridgehead atoms. The molecule has 1 aliphatic rings. The van der Waals surface area contributed by atoms with Gasteiger partial charge >= 0.3 is 0 Å². The Kier molecular flexibility index (Phi) is 5.67. The zero-order chi connectivity index (χ0) is 12.8. The highest BCUT2D eigenvalue weighted by atomic mass is 79.9. The molecule has 0 saturated heterocycles. The van der Waals surface area contributed by atoms with Crippen molar-refractivity contribution >= 4 is 15.9 Å². The van der Waals surface area contributed by atoms with Crippen molar-refractivity contribution in [3.63, 3.8) is 0 Å². The predicted octanol–water partition coefficient (Wildman–Crippen LogP) is 3.79. The molecular formula is C15H23BrN2. The lowest BCUT2D eigenvalue weighted by molar-refractivity contribution is 0.407. The molecule has 1 fully saturated rings. The molecule has 0 amide bonds. The number of hydrogen-bond acceptors (Lipinski definition) is 2. The average molecular weight is 311 g/mol. The summed E-state index contributed by atoms with van der Waals surface area (Å²) in [6, 6.07) is 8.90. The van der Waals surface area contributed by atoms with E-state index in [1.807, 2.05) is 0 Å². The van der Waals surface area contributed by atoms with Gasteiger partial charge in [-0.1, -0.05) is 53.7 Å². The Balaban J connectivity index is 1.81. The predicted molar refractivity (Wildman–Crippen MR) is 80.1 cm³/mol. The number of halogens is 1. The molecule has 1 atom stereocenters. The van der Waals surface area contributed by atoms with Crippen molar-refractivity contribution in [2.45, 2.75) is 51.0 Å². The van der Waals surface area contributed by atoms with Gasteiger partial charge in [-0.3, -0.25) is 11.3 Å². The Labute approximate surface area is 118 Å². The summed E-state index contributed by atoms with van der Waals surface area (Å²) in [4.78, 5) is 0. The van der Waals surface area contributed by atoms with Crippen LogP contribution in [-0.4, -0.2) is 6.04 Å². The quantitative estimate of drug-likeness (QED) is 0.619. The number of hydrazine groups is 1. The highest BCUT2D eigenvalue weighted by Gasteiger charge is 2.17. The number of nitrogens with two attached hydrogens (primary N) is 1. The minimum atomic E-state index is 0.403. The third-order valence-corrected chi connectivity index (χ3v) is 4.50. The molecule has 0 aromatic heterocycles. The minimum absolute atomic E-state index is 0.403. The highest BCUT2D eigenvalue weighted by molar-refractivity contribution is 9.10. The van der Waals surface area contributed by atoms with Crippen LogP contribution in [0.15, 0.2) is 28.7 Å². The summed E-state index contributed by atoms with van der Waals surface area (Å²) in [7, 11) is 0. The molecule has 2 nitrogen and oxygen atoms in total. The van der Waals surface area contributed by atoms with Gasteiger partial charge in [0.15, 0.2) is 0 Å². The lowest BCUT2D eigenvalue weighted by atomic mass is 9.95. The smallest absolute Gasteiger partial charge is 0.0251 e. The van der Waals surface area contributed by atoms with Crippen molar-refractivity contribution in [3.8, 4) is 0 Å². The van der Waals surface area contributed by atoms with E-state index in [1.54, 1.807) is 0 Å². The molecule has 100 valence electrons. The van der Waals surface area contributed by atoms with Gasteiger partial charge in [0.1, 0.15) is 0 Å². The van der Waals surface area contributed by atoms with Crippen molar-refractivity contribution in [1.29, 1.82) is 0 Å². The first-order valence-corrected chi connectivity index (χ1v) is 7.78. The fourth-order valence-corrected chi connectivity index (χ4v) is 3.38. The van der Waals surface area contributed by atoms with E-state index in [2.05, 4.69) is 45.6 Å². The molecule has 3 N–H and O–H groups in total. The molecule has 1 saturated carbocycles. The molecule has 3 heteroatoms. The summed E-state index contributed by atoms with van der Waals surface area (Å²) in [5.74, 6) is 6.63. The van der Waals surface area contributed by atoms with Crippen LogP contribution in [0.5, 0.6) is 0 Å². The summed E-state index contributed by atoms with van der Waals surface area (Å²) < 4.78 is 1.14. The van der Waals surface area contributed by atoms with Crippen LogP contribution in [0, 0.1) is 5.92 Å². The maximum atomic E-state index is 5.68. The van der Waals surface area contributed by atoms with Gasteiger partial charge in [0.05, 0.1) is 0 Å². The van der Waals surface area contributed by atoms with Crippen LogP contribution in [-0.2, 0) is 6.42 Å². The summed E-state index contributed by atoms with van der Waals surface area (Å²) in [5.41, 5.74) is 4.32. The van der Waals surface area contributed by atoms with Crippen molar-refractivity contribution in [2.24, 2.45) is 11.8 Å². The molecule has 0 spiro atoms. The van der Waals surface area contributed by atoms with Gasteiger partial charge in [0.25, 0.3) is 0 Å². The Bertz CT molecular complexity index is 361. The first kappa shape index (κ1) is 14.0. The second-order valence-corrected chi connectivity index (χ2v) is 6.34. The minimum Gasteiger partial charge on any atom is -0.271 e. The summed E-state index contributed by atoms with van der Waals surface area (Å²) in [6.45, 7) is 0. The maximum absolute atomic E-state index is 5.68. The fraction of sp³-hybridized carbons (Fsp3) is 0.600. The normalized spacial score (nSPS) is 18.1. The van der Waals surface area contributed by atoms with Crippen LogP contribution in [0.1, 0.15) is 44.1 Å². The van der Waals surface area contributed by atoms with Gasteiger partial charge in [-0.15, -0.1) is 0 Å². The monoisotopic (exact) mass is 310 g/mol. The van der Waals surface area contributed by atoms with E-state index in [0.29, 0.717) is 6.04 Å². The Hall–Kier alpha value is -0.380. The van der Waals surface area contributed by atoms with Gasteiger partial charge in [-0.2, -0.15) is 0 Å². The van der Waals surface area contributed by atoms with E-state index in [9.17, 15) is 0 Å². The Morgan fingerprint density at radius 1 is 1.33 bits per heavy atom. The molecule has 1 aromatic rings. The van der Waals surface area contributed by atoms with E-state index >= 15 is 0 Å². The molecule has 18 heavy (non-hydrogen) atoms. The van der Waals surface area contributed by atoms with Crippen LogP contribution in [0.2, 0.25) is 0 Å². The standard InChI is InChI=1S/C15H23BrN2/c16-14-7-3-6-13(10-14)11-15(18-17)9-8-12-4-1-2-5-12/h3,6-7,10,12,15,18H,1-2,4-5,8-9,11,17H2. The van der Waals surface area contributed by atoms with E-state index < -0.39 is 0 Å². The maximum Gasteiger partial charge on any atom is 0.0251 e. The second kappa shape index (κ2) is 7.27. The molecular weight excluding hydrogens is 288 g/mol.